The third-order valence-corrected chi connectivity index (χ3v) is 7.73. The number of hydrogen-bond donors (Lipinski definition) is 0. The van der Waals surface area contributed by atoms with Gasteiger partial charge < -0.3 is 4.42 Å². The Morgan fingerprint density at radius 1 is 0.912 bits per heavy atom. The Morgan fingerprint density at radius 3 is 2.41 bits per heavy atom. The van der Waals surface area contributed by atoms with Crippen molar-refractivity contribution in [2.45, 2.75) is 52.9 Å². The molecule has 0 fully saturated rings. The van der Waals surface area contributed by atoms with E-state index in [0.29, 0.717) is 5.92 Å². The minimum atomic E-state index is -0.214. The van der Waals surface area contributed by atoms with E-state index >= 15 is 0 Å². The van der Waals surface area contributed by atoms with Crippen LogP contribution < -0.4 is 4.57 Å². The van der Waals surface area contributed by atoms with E-state index in [-0.39, 0.29) is 5.41 Å². The van der Waals surface area contributed by atoms with Crippen LogP contribution in [0, 0.1) is 13.8 Å². The van der Waals surface area contributed by atoms with Crippen molar-refractivity contribution in [3.8, 4) is 22.4 Å². The Hall–Kier alpha value is -3.46. The minimum Gasteiger partial charge on any atom is -0.455 e. The van der Waals surface area contributed by atoms with Gasteiger partial charge in [-0.1, -0.05) is 38.1 Å². The maximum Gasteiger partial charge on any atom is 0.216 e. The molecule has 0 radical (unpaired) electrons. The van der Waals surface area contributed by atoms with Crippen molar-refractivity contribution in [3.63, 3.8) is 0 Å². The zero-order valence-corrected chi connectivity index (χ0v) is 21.1. The average molecular weight is 448 g/mol. The monoisotopic (exact) mass is 447 g/mol. The Morgan fingerprint density at radius 2 is 1.65 bits per heavy atom. The molecule has 34 heavy (non-hydrogen) atoms. The number of aryl methyl sites for hydroxylation is 3. The van der Waals surface area contributed by atoms with Gasteiger partial charge in [0.05, 0.1) is 11.3 Å². The minimum absolute atomic E-state index is 0.214. The molecular formula is C31H31N2O+. The van der Waals surface area contributed by atoms with Crippen LogP contribution in [0.5, 0.6) is 0 Å². The van der Waals surface area contributed by atoms with E-state index in [4.69, 9.17) is 9.40 Å². The molecule has 3 heterocycles. The summed E-state index contributed by atoms with van der Waals surface area (Å²) >= 11 is 0. The molecule has 0 saturated carbocycles. The summed E-state index contributed by atoms with van der Waals surface area (Å²) in [6, 6.07) is 15.4. The van der Waals surface area contributed by atoms with Crippen LogP contribution in [0.15, 0.2) is 59.3 Å². The van der Waals surface area contributed by atoms with Gasteiger partial charge in [-0.15, -0.1) is 0 Å². The Labute approximate surface area is 201 Å². The SMILES string of the molecule is Cc1cc(-c2c(C)ccc3c2oc2c4c(ccc23)-c2cccnc2C4(C)C)[n+](C)cc1C(C)C. The van der Waals surface area contributed by atoms with Gasteiger partial charge in [-0.25, -0.2) is 4.57 Å². The Bertz CT molecular complexity index is 1640. The quantitative estimate of drug-likeness (QED) is 0.262. The first-order chi connectivity index (χ1) is 16.2. The van der Waals surface area contributed by atoms with Gasteiger partial charge in [0.2, 0.25) is 5.69 Å². The first kappa shape index (κ1) is 21.1. The lowest BCUT2D eigenvalue weighted by atomic mass is 9.84. The molecule has 2 aromatic carbocycles. The summed E-state index contributed by atoms with van der Waals surface area (Å²) in [7, 11) is 2.14. The van der Waals surface area contributed by atoms with Crippen LogP contribution in [0.1, 0.15) is 61.6 Å². The summed E-state index contributed by atoms with van der Waals surface area (Å²) in [5.74, 6) is 0.489. The second-order valence-corrected chi connectivity index (χ2v) is 10.7. The topological polar surface area (TPSA) is 29.9 Å². The second-order valence-electron chi connectivity index (χ2n) is 10.7. The zero-order chi connectivity index (χ0) is 23.9. The van der Waals surface area contributed by atoms with Gasteiger partial charge in [0, 0.05) is 45.1 Å². The number of benzene rings is 2. The summed E-state index contributed by atoms with van der Waals surface area (Å²) < 4.78 is 9.12. The van der Waals surface area contributed by atoms with E-state index in [1.165, 1.54) is 55.4 Å². The van der Waals surface area contributed by atoms with Crippen LogP contribution in [0.3, 0.4) is 0 Å². The number of nitrogens with zero attached hydrogens (tertiary/aromatic N) is 2. The van der Waals surface area contributed by atoms with Gasteiger partial charge in [-0.05, 0) is 62.4 Å². The number of fused-ring (bicyclic) bond motifs is 7. The fraction of sp³-hybridized carbons (Fsp3) is 0.290. The standard InChI is InChI=1S/C31H31N2O/c1-17(2)24-16-33(7)25(15-19(24)4)26-18(3)10-11-21-22-13-12-20-23-9-8-14-32-30(23)31(5,6)27(20)29(22)34-28(21)26/h8-17H,1-7H3/q+1. The zero-order valence-electron chi connectivity index (χ0n) is 21.1. The van der Waals surface area contributed by atoms with Crippen molar-refractivity contribution < 1.29 is 8.98 Å². The number of pyridine rings is 2. The van der Waals surface area contributed by atoms with Gasteiger partial charge in [-0.3, -0.25) is 4.98 Å². The lowest BCUT2D eigenvalue weighted by molar-refractivity contribution is -0.660. The number of rotatable bonds is 2. The molecule has 3 aromatic heterocycles. The molecule has 5 aromatic rings. The molecule has 0 unspecified atom stereocenters. The van der Waals surface area contributed by atoms with Gasteiger partial charge in [0.25, 0.3) is 0 Å². The van der Waals surface area contributed by atoms with E-state index in [0.717, 1.165) is 16.9 Å². The molecule has 3 heteroatoms. The molecule has 0 atom stereocenters. The fourth-order valence-corrected chi connectivity index (χ4v) is 6.03. The van der Waals surface area contributed by atoms with Gasteiger partial charge in [-0.2, -0.15) is 0 Å². The summed E-state index contributed by atoms with van der Waals surface area (Å²) in [6.07, 6.45) is 4.17. The maximum absolute atomic E-state index is 6.86. The third-order valence-electron chi connectivity index (χ3n) is 7.73. The lowest BCUT2D eigenvalue weighted by Gasteiger charge is -2.20. The Balaban J connectivity index is 1.69. The van der Waals surface area contributed by atoms with E-state index in [1.807, 2.05) is 12.3 Å². The predicted octanol–water partition coefficient (Wildman–Crippen LogP) is 7.52. The molecule has 6 rings (SSSR count). The smallest absolute Gasteiger partial charge is 0.216 e. The molecule has 0 amide bonds. The lowest BCUT2D eigenvalue weighted by Crippen LogP contribution is -2.32. The molecule has 0 bridgehead atoms. The molecular weight excluding hydrogens is 416 g/mol. The largest absolute Gasteiger partial charge is 0.455 e. The molecule has 1 aliphatic carbocycles. The average Bonchev–Trinajstić information content (AvgIpc) is 3.28. The van der Waals surface area contributed by atoms with Crippen molar-refractivity contribution in [2.24, 2.45) is 7.05 Å². The van der Waals surface area contributed by atoms with Gasteiger partial charge in [0.15, 0.2) is 6.20 Å². The molecule has 0 spiro atoms. The maximum atomic E-state index is 6.86. The molecule has 3 nitrogen and oxygen atoms in total. The molecule has 1 aliphatic rings. The fourth-order valence-electron chi connectivity index (χ4n) is 6.03. The van der Waals surface area contributed by atoms with Crippen LogP contribution >= 0.6 is 0 Å². The number of hydrogen-bond acceptors (Lipinski definition) is 2. The van der Waals surface area contributed by atoms with Crippen molar-refractivity contribution in [1.82, 2.24) is 4.98 Å². The highest BCUT2D eigenvalue weighted by molar-refractivity contribution is 6.12. The summed E-state index contributed by atoms with van der Waals surface area (Å²) in [4.78, 5) is 4.77. The summed E-state index contributed by atoms with van der Waals surface area (Å²) in [5, 5.41) is 2.35. The molecule has 0 aliphatic heterocycles. The highest BCUT2D eigenvalue weighted by Crippen LogP contribution is 2.52. The number of furan rings is 1. The molecule has 0 N–H and O–H groups in total. The van der Waals surface area contributed by atoms with Crippen LogP contribution in [0.2, 0.25) is 0 Å². The van der Waals surface area contributed by atoms with Crippen LogP contribution in [0.4, 0.5) is 0 Å². The van der Waals surface area contributed by atoms with Gasteiger partial charge in [0.1, 0.15) is 18.2 Å². The summed E-state index contributed by atoms with van der Waals surface area (Å²) in [6.45, 7) is 13.4. The third kappa shape index (κ3) is 2.70. The van der Waals surface area contributed by atoms with Crippen molar-refractivity contribution in [1.29, 1.82) is 0 Å². The van der Waals surface area contributed by atoms with E-state index in [9.17, 15) is 0 Å². The van der Waals surface area contributed by atoms with E-state index in [1.54, 1.807) is 0 Å². The van der Waals surface area contributed by atoms with Crippen molar-refractivity contribution in [2.75, 3.05) is 0 Å². The second kappa shape index (κ2) is 7.02. The highest BCUT2D eigenvalue weighted by atomic mass is 16.3. The highest BCUT2D eigenvalue weighted by Gasteiger charge is 2.40. The van der Waals surface area contributed by atoms with E-state index in [2.05, 4.69) is 95.8 Å². The number of aromatic nitrogens is 2. The van der Waals surface area contributed by atoms with Crippen LogP contribution in [-0.4, -0.2) is 4.98 Å². The van der Waals surface area contributed by atoms with Crippen molar-refractivity contribution in [3.05, 3.63) is 82.8 Å². The molecule has 0 saturated heterocycles. The molecule has 170 valence electrons. The first-order valence-corrected chi connectivity index (χ1v) is 12.2. The van der Waals surface area contributed by atoms with Gasteiger partial charge >= 0.3 is 0 Å². The Kier molecular flexibility index (Phi) is 4.36. The summed E-state index contributed by atoms with van der Waals surface area (Å²) in [5.41, 5.74) is 12.8. The van der Waals surface area contributed by atoms with Crippen LogP contribution in [0.25, 0.3) is 44.3 Å². The van der Waals surface area contributed by atoms with Crippen molar-refractivity contribution >= 4 is 21.9 Å². The van der Waals surface area contributed by atoms with E-state index < -0.39 is 0 Å². The normalized spacial score (nSPS) is 14.2. The predicted molar refractivity (Wildman–Crippen MR) is 139 cm³/mol. The first-order valence-electron chi connectivity index (χ1n) is 12.2. The van der Waals surface area contributed by atoms with Crippen LogP contribution in [-0.2, 0) is 12.5 Å².